The van der Waals surface area contributed by atoms with Crippen molar-refractivity contribution in [3.05, 3.63) is 23.5 Å². The van der Waals surface area contributed by atoms with Gasteiger partial charge in [-0.25, -0.2) is 4.39 Å². The van der Waals surface area contributed by atoms with Gasteiger partial charge in [0.05, 0.1) is 0 Å². The second-order valence-corrected chi connectivity index (χ2v) is 4.21. The summed E-state index contributed by atoms with van der Waals surface area (Å²) in [6.45, 7) is 3.25. The fraction of sp³-hybridized carbons (Fsp3) is 0.455. The lowest BCUT2D eigenvalue weighted by molar-refractivity contribution is -0.391. The molecule has 1 heterocycles. The Balaban J connectivity index is 2.51. The Labute approximate surface area is 99.3 Å². The van der Waals surface area contributed by atoms with Gasteiger partial charge in [0.2, 0.25) is 0 Å². The molecule has 100 valence electrons. The van der Waals surface area contributed by atoms with Crippen LogP contribution in [0.15, 0.2) is 12.1 Å². The molecule has 1 aromatic carbocycles. The summed E-state index contributed by atoms with van der Waals surface area (Å²) in [6, 6.07) is 1.56. The molecular weight excluding hydrogens is 259 g/mol. The molecule has 0 atom stereocenters. The molecule has 0 aromatic heterocycles. The van der Waals surface area contributed by atoms with E-state index >= 15 is 0 Å². The summed E-state index contributed by atoms with van der Waals surface area (Å²) in [5.41, 5.74) is 0.0818. The maximum Gasteiger partial charge on any atom is 0.507 e. The smallest absolute Gasteiger partial charge is 0.421 e. The minimum absolute atomic E-state index is 0.0818. The maximum atomic E-state index is 13.5. The van der Waals surface area contributed by atoms with Crippen LogP contribution < -0.4 is 9.47 Å². The lowest BCUT2D eigenvalue weighted by Gasteiger charge is -2.32. The van der Waals surface area contributed by atoms with Crippen LogP contribution in [0.25, 0.3) is 0 Å². The predicted molar refractivity (Wildman–Crippen MR) is 51.6 cm³/mol. The van der Waals surface area contributed by atoms with Crippen molar-refractivity contribution >= 4 is 0 Å². The highest BCUT2D eigenvalue weighted by molar-refractivity contribution is 5.46. The van der Waals surface area contributed by atoms with Crippen molar-refractivity contribution in [1.82, 2.24) is 0 Å². The van der Waals surface area contributed by atoms with E-state index in [1.165, 1.54) is 0 Å². The van der Waals surface area contributed by atoms with Gasteiger partial charge in [0.25, 0.3) is 0 Å². The number of hydrogen-bond donors (Lipinski definition) is 0. The first-order chi connectivity index (χ1) is 8.14. The summed E-state index contributed by atoms with van der Waals surface area (Å²) in [5, 5.41) is 0. The van der Waals surface area contributed by atoms with E-state index in [1.54, 1.807) is 13.8 Å². The molecule has 1 aliphatic heterocycles. The van der Waals surface area contributed by atoms with E-state index in [2.05, 4.69) is 9.47 Å². The van der Waals surface area contributed by atoms with Gasteiger partial charge in [0.15, 0.2) is 11.5 Å². The lowest BCUT2D eigenvalue weighted by atomic mass is 10.0. The lowest BCUT2D eigenvalue weighted by Crippen LogP contribution is -2.52. The van der Waals surface area contributed by atoms with Gasteiger partial charge in [0, 0.05) is 6.07 Å². The Hall–Kier alpha value is -1.53. The number of benzene rings is 1. The van der Waals surface area contributed by atoms with Crippen LogP contribution in [0.3, 0.4) is 0 Å². The highest BCUT2D eigenvalue weighted by atomic mass is 19.3. The summed E-state index contributed by atoms with van der Waals surface area (Å²) in [6.07, 6.45) is -9.61. The van der Waals surface area contributed by atoms with Crippen molar-refractivity contribution in [2.24, 2.45) is 0 Å². The second kappa shape index (κ2) is 3.73. The number of halogens is 5. The molecule has 0 fully saturated rings. The van der Waals surface area contributed by atoms with Crippen LogP contribution in [0.5, 0.6) is 11.5 Å². The molecule has 1 aliphatic rings. The van der Waals surface area contributed by atoms with Gasteiger partial charge in [-0.15, -0.1) is 0 Å². The molecule has 0 unspecified atom stereocenters. The first kappa shape index (κ1) is 12.9. The van der Waals surface area contributed by atoms with Crippen molar-refractivity contribution < 1.29 is 31.4 Å². The van der Waals surface area contributed by atoms with Gasteiger partial charge in [0.1, 0.15) is 5.82 Å². The second-order valence-electron chi connectivity index (χ2n) is 4.21. The Morgan fingerprint density at radius 2 is 1.39 bits per heavy atom. The van der Waals surface area contributed by atoms with E-state index in [1.807, 2.05) is 0 Å². The van der Waals surface area contributed by atoms with Gasteiger partial charge < -0.3 is 9.47 Å². The van der Waals surface area contributed by atoms with Crippen molar-refractivity contribution in [3.63, 3.8) is 0 Å². The normalized spacial score (nSPS) is 20.0. The minimum Gasteiger partial charge on any atom is -0.421 e. The van der Waals surface area contributed by atoms with E-state index in [9.17, 15) is 22.0 Å². The Morgan fingerprint density at radius 3 is 1.83 bits per heavy atom. The molecule has 2 nitrogen and oxygen atoms in total. The minimum atomic E-state index is -4.83. The van der Waals surface area contributed by atoms with Gasteiger partial charge in [-0.3, -0.25) is 0 Å². The largest absolute Gasteiger partial charge is 0.507 e. The number of alkyl halides is 4. The molecule has 0 N–H and O–H groups in total. The summed E-state index contributed by atoms with van der Waals surface area (Å²) >= 11 is 0. The van der Waals surface area contributed by atoms with E-state index in [-0.39, 0.29) is 11.5 Å². The zero-order valence-electron chi connectivity index (χ0n) is 9.44. The van der Waals surface area contributed by atoms with Crippen molar-refractivity contribution in [2.75, 3.05) is 0 Å². The van der Waals surface area contributed by atoms with E-state index in [0.29, 0.717) is 6.07 Å². The third kappa shape index (κ3) is 1.87. The highest BCUT2D eigenvalue weighted by Gasteiger charge is 2.66. The van der Waals surface area contributed by atoms with Gasteiger partial charge >= 0.3 is 12.2 Å². The Bertz CT molecular complexity index is 485. The Kier molecular flexibility index (Phi) is 2.68. The molecule has 0 bridgehead atoms. The fourth-order valence-electron chi connectivity index (χ4n) is 1.55. The van der Waals surface area contributed by atoms with Crippen LogP contribution in [0.4, 0.5) is 22.0 Å². The zero-order chi connectivity index (χ0) is 13.7. The fourth-order valence-corrected chi connectivity index (χ4v) is 1.55. The Morgan fingerprint density at radius 1 is 0.944 bits per heavy atom. The maximum absolute atomic E-state index is 13.5. The van der Waals surface area contributed by atoms with Gasteiger partial charge in [-0.05, 0) is 17.5 Å². The molecule has 0 spiro atoms. The van der Waals surface area contributed by atoms with E-state index < -0.39 is 29.5 Å². The van der Waals surface area contributed by atoms with Crippen molar-refractivity contribution in [3.8, 4) is 11.5 Å². The number of fused-ring (bicyclic) bond motifs is 1. The molecule has 2 rings (SSSR count). The zero-order valence-corrected chi connectivity index (χ0v) is 9.44. The summed E-state index contributed by atoms with van der Waals surface area (Å²) < 4.78 is 72.7. The quantitative estimate of drug-likeness (QED) is 0.719. The molecule has 0 saturated heterocycles. The van der Waals surface area contributed by atoms with Crippen LogP contribution in [0.1, 0.15) is 25.3 Å². The molecule has 1 aromatic rings. The summed E-state index contributed by atoms with van der Waals surface area (Å²) in [7, 11) is 0. The number of rotatable bonds is 1. The van der Waals surface area contributed by atoms with Crippen molar-refractivity contribution in [2.45, 2.75) is 32.0 Å². The standard InChI is InChI=1S/C11H9F5O2/c1-5(2)6-3-8-9(4-7(6)12)18-11(15,16)10(13,14)17-8/h3-5H,1-2H3. The molecule has 18 heavy (non-hydrogen) atoms. The van der Waals surface area contributed by atoms with Crippen LogP contribution in [0.2, 0.25) is 0 Å². The predicted octanol–water partition coefficient (Wildman–Crippen LogP) is 3.91. The topological polar surface area (TPSA) is 18.5 Å². The highest BCUT2D eigenvalue weighted by Crippen LogP contribution is 2.48. The third-order valence-corrected chi connectivity index (χ3v) is 2.50. The summed E-state index contributed by atoms with van der Waals surface area (Å²) in [5.74, 6) is -2.47. The first-order valence-electron chi connectivity index (χ1n) is 5.11. The van der Waals surface area contributed by atoms with Crippen LogP contribution in [-0.4, -0.2) is 12.2 Å². The van der Waals surface area contributed by atoms with E-state index in [0.717, 1.165) is 6.07 Å². The van der Waals surface area contributed by atoms with Crippen LogP contribution >= 0.6 is 0 Å². The average molecular weight is 268 g/mol. The number of hydrogen-bond acceptors (Lipinski definition) is 2. The molecule has 0 amide bonds. The molecule has 0 aliphatic carbocycles. The molecule has 0 radical (unpaired) electrons. The monoisotopic (exact) mass is 268 g/mol. The molecular formula is C11H9F5O2. The van der Waals surface area contributed by atoms with Gasteiger partial charge in [-0.2, -0.15) is 17.6 Å². The van der Waals surface area contributed by atoms with Crippen LogP contribution in [0, 0.1) is 5.82 Å². The van der Waals surface area contributed by atoms with Crippen LogP contribution in [-0.2, 0) is 0 Å². The molecule has 7 heteroatoms. The third-order valence-electron chi connectivity index (χ3n) is 2.50. The van der Waals surface area contributed by atoms with Crippen molar-refractivity contribution in [1.29, 1.82) is 0 Å². The summed E-state index contributed by atoms with van der Waals surface area (Å²) in [4.78, 5) is 0. The molecule has 0 saturated carbocycles. The van der Waals surface area contributed by atoms with Gasteiger partial charge in [-0.1, -0.05) is 13.8 Å². The SMILES string of the molecule is CC(C)c1cc2c(cc1F)OC(F)(F)C(F)(F)O2. The first-order valence-corrected chi connectivity index (χ1v) is 5.11. The average Bonchev–Trinajstić information content (AvgIpc) is 2.18. The number of ether oxygens (including phenoxy) is 2. The van der Waals surface area contributed by atoms with E-state index in [4.69, 9.17) is 0 Å².